The lowest BCUT2D eigenvalue weighted by Gasteiger charge is -2.32. The summed E-state index contributed by atoms with van der Waals surface area (Å²) in [4.78, 5) is 0. The molecule has 1 nitrogen and oxygen atoms in total. The Morgan fingerprint density at radius 2 is 1.73 bits per heavy atom. The first-order valence-electron chi connectivity index (χ1n) is 7.25. The molecule has 2 aromatic rings. The summed E-state index contributed by atoms with van der Waals surface area (Å²) in [7, 11) is 1.00. The van der Waals surface area contributed by atoms with Crippen LogP contribution in [0.25, 0.3) is 5.57 Å². The summed E-state index contributed by atoms with van der Waals surface area (Å²) < 4.78 is 0. The number of hydrogen-bond donors (Lipinski definition) is 1. The molecule has 3 heteroatoms. The van der Waals surface area contributed by atoms with Gasteiger partial charge in [0.15, 0.2) is 0 Å². The second-order valence-corrected chi connectivity index (χ2v) is 6.29. The van der Waals surface area contributed by atoms with Gasteiger partial charge in [0.2, 0.25) is 0 Å². The first kappa shape index (κ1) is 17.1. The molecule has 22 heavy (non-hydrogen) atoms. The maximum atomic E-state index is 7.00. The Bertz CT molecular complexity index is 679. The highest BCUT2D eigenvalue weighted by Crippen LogP contribution is 2.44. The molecule has 0 aromatic heterocycles. The minimum atomic E-state index is 0.362. The van der Waals surface area contributed by atoms with Crippen molar-refractivity contribution >= 4 is 28.8 Å². The van der Waals surface area contributed by atoms with Crippen LogP contribution in [-0.4, -0.2) is 12.2 Å². The molecule has 0 saturated heterocycles. The van der Waals surface area contributed by atoms with Crippen LogP contribution < -0.4 is 0 Å². The van der Waals surface area contributed by atoms with Crippen molar-refractivity contribution in [1.29, 1.82) is 0 Å². The molecule has 0 bridgehead atoms. The molecular weight excluding hydrogens is 315 g/mol. The Kier molecular flexibility index (Phi) is 5.69. The van der Waals surface area contributed by atoms with Crippen LogP contribution in [0.2, 0.25) is 10.0 Å². The van der Waals surface area contributed by atoms with Crippen LogP contribution in [0.15, 0.2) is 49.0 Å². The van der Waals surface area contributed by atoms with Gasteiger partial charge < -0.3 is 5.11 Å². The molecule has 0 heterocycles. The number of fused-ring (bicyclic) bond motifs is 1. The molecule has 1 aliphatic carbocycles. The van der Waals surface area contributed by atoms with Gasteiger partial charge in [-0.25, -0.2) is 0 Å². The molecule has 2 unspecified atom stereocenters. The van der Waals surface area contributed by atoms with Gasteiger partial charge in [0.1, 0.15) is 0 Å². The zero-order valence-corrected chi connectivity index (χ0v) is 14.3. The summed E-state index contributed by atoms with van der Waals surface area (Å²) in [6.07, 6.45) is 1.06. The first-order valence-corrected chi connectivity index (χ1v) is 8.01. The summed E-state index contributed by atoms with van der Waals surface area (Å²) in [5.74, 6) is 0.839. The van der Waals surface area contributed by atoms with Gasteiger partial charge in [-0.2, -0.15) is 0 Å². The average molecular weight is 335 g/mol. The molecule has 2 aromatic carbocycles. The lowest BCUT2D eigenvalue weighted by atomic mass is 9.72. The lowest BCUT2D eigenvalue weighted by Crippen LogP contribution is -2.16. The number of allylic oxidation sites excluding steroid dienone is 1. The smallest absolute Gasteiger partial charge is 0.0595 e. The molecule has 0 spiro atoms. The van der Waals surface area contributed by atoms with Crippen molar-refractivity contribution in [2.45, 2.75) is 19.3 Å². The Balaban J connectivity index is 0.000000847. The zero-order valence-electron chi connectivity index (χ0n) is 12.8. The van der Waals surface area contributed by atoms with Crippen LogP contribution in [0, 0.1) is 5.92 Å². The fourth-order valence-corrected chi connectivity index (χ4v) is 3.33. The molecule has 0 aliphatic heterocycles. The number of halogens is 2. The molecule has 116 valence electrons. The summed E-state index contributed by atoms with van der Waals surface area (Å²) >= 11 is 12.2. The number of aliphatic hydroxyl groups excluding tert-OH is 1. The number of rotatable bonds is 1. The third-order valence-corrected chi connectivity index (χ3v) is 4.95. The third kappa shape index (κ3) is 3.22. The van der Waals surface area contributed by atoms with E-state index in [0.717, 1.165) is 13.5 Å². The third-order valence-electron chi connectivity index (χ3n) is 4.21. The van der Waals surface area contributed by atoms with Crippen molar-refractivity contribution in [2.24, 2.45) is 5.92 Å². The number of aliphatic hydroxyl groups is 1. The maximum Gasteiger partial charge on any atom is 0.0595 e. The Labute approximate surface area is 142 Å². The second kappa shape index (κ2) is 7.32. The van der Waals surface area contributed by atoms with Gasteiger partial charge in [-0.3, -0.25) is 0 Å². The molecule has 0 amide bonds. The van der Waals surface area contributed by atoms with Crippen LogP contribution in [0.4, 0.5) is 0 Å². The summed E-state index contributed by atoms with van der Waals surface area (Å²) in [5, 5.41) is 8.23. The van der Waals surface area contributed by atoms with Crippen LogP contribution in [0.5, 0.6) is 0 Å². The normalized spacial score (nSPS) is 20.0. The second-order valence-electron chi connectivity index (χ2n) is 5.48. The fraction of sp³-hybridized carbons (Fsp3) is 0.263. The molecular formula is C19H20Cl2O. The van der Waals surface area contributed by atoms with E-state index in [4.69, 9.17) is 28.3 Å². The van der Waals surface area contributed by atoms with Crippen LogP contribution >= 0.6 is 23.2 Å². The monoisotopic (exact) mass is 334 g/mol. The highest BCUT2D eigenvalue weighted by atomic mass is 35.5. The predicted molar refractivity (Wildman–Crippen MR) is 95.7 cm³/mol. The summed E-state index contributed by atoms with van der Waals surface area (Å²) in [5.41, 5.74) is 5.08. The topological polar surface area (TPSA) is 20.2 Å². The van der Waals surface area contributed by atoms with E-state index < -0.39 is 0 Å². The van der Waals surface area contributed by atoms with Crippen LogP contribution in [-0.2, 0) is 0 Å². The molecule has 0 radical (unpaired) electrons. The lowest BCUT2D eigenvalue weighted by molar-refractivity contribution is 0.399. The van der Waals surface area contributed by atoms with Crippen molar-refractivity contribution < 1.29 is 5.11 Å². The molecule has 1 aliphatic rings. The van der Waals surface area contributed by atoms with Gasteiger partial charge in [-0.15, -0.1) is 0 Å². The van der Waals surface area contributed by atoms with Crippen molar-refractivity contribution in [1.82, 2.24) is 0 Å². The van der Waals surface area contributed by atoms with Crippen LogP contribution in [0.3, 0.4) is 0 Å². The van der Waals surface area contributed by atoms with Gasteiger partial charge >= 0.3 is 0 Å². The Hall–Kier alpha value is -1.28. The highest BCUT2D eigenvalue weighted by Gasteiger charge is 2.28. The average Bonchev–Trinajstić information content (AvgIpc) is 2.55. The van der Waals surface area contributed by atoms with E-state index in [1.807, 2.05) is 12.1 Å². The zero-order chi connectivity index (χ0) is 16.3. The minimum absolute atomic E-state index is 0.362. The first-order chi connectivity index (χ1) is 10.6. The summed E-state index contributed by atoms with van der Waals surface area (Å²) in [6.45, 7) is 6.49. The molecule has 1 N–H and O–H groups in total. The van der Waals surface area contributed by atoms with E-state index in [-0.39, 0.29) is 0 Å². The largest absolute Gasteiger partial charge is 0.400 e. The van der Waals surface area contributed by atoms with Crippen LogP contribution in [0.1, 0.15) is 36.0 Å². The van der Waals surface area contributed by atoms with Gasteiger partial charge in [-0.05, 0) is 46.7 Å². The van der Waals surface area contributed by atoms with E-state index in [1.54, 1.807) is 0 Å². The predicted octanol–water partition coefficient (Wildman–Crippen LogP) is 5.79. The van der Waals surface area contributed by atoms with E-state index >= 15 is 0 Å². The number of benzene rings is 2. The van der Waals surface area contributed by atoms with Crippen molar-refractivity contribution in [3.8, 4) is 0 Å². The maximum absolute atomic E-state index is 7.00. The van der Waals surface area contributed by atoms with E-state index in [0.29, 0.717) is 21.9 Å². The van der Waals surface area contributed by atoms with Gasteiger partial charge in [-0.1, -0.05) is 67.0 Å². The van der Waals surface area contributed by atoms with E-state index in [1.165, 1.54) is 22.3 Å². The van der Waals surface area contributed by atoms with Crippen molar-refractivity contribution in [3.05, 3.63) is 75.8 Å². The molecule has 0 fully saturated rings. The number of hydrogen-bond acceptors (Lipinski definition) is 1. The SMILES string of the molecule is C=C1c2ccccc2C(c2ccc(Cl)c(Cl)c2)CC1C.CO. The van der Waals surface area contributed by atoms with Crippen molar-refractivity contribution in [3.63, 3.8) is 0 Å². The van der Waals surface area contributed by atoms with E-state index in [9.17, 15) is 0 Å². The molecule has 3 rings (SSSR count). The standard InChI is InChI=1S/C18H16Cl2.CH4O/c1-11-9-16(13-7-8-17(19)18(20)10-13)15-6-4-3-5-14(15)12(11)2;1-2/h3-8,10-11,16H,2,9H2,1H3;2H,1H3. The minimum Gasteiger partial charge on any atom is -0.400 e. The quantitative estimate of drug-likeness (QED) is 0.700. The highest BCUT2D eigenvalue weighted by molar-refractivity contribution is 6.42. The molecule has 2 atom stereocenters. The van der Waals surface area contributed by atoms with E-state index in [2.05, 4.69) is 43.8 Å². The fourth-order valence-electron chi connectivity index (χ4n) is 3.03. The van der Waals surface area contributed by atoms with Gasteiger partial charge in [0.25, 0.3) is 0 Å². The van der Waals surface area contributed by atoms with Crippen molar-refractivity contribution in [2.75, 3.05) is 7.11 Å². The Morgan fingerprint density at radius 3 is 2.41 bits per heavy atom. The summed E-state index contributed by atoms with van der Waals surface area (Å²) in [6, 6.07) is 14.5. The van der Waals surface area contributed by atoms with Gasteiger partial charge in [0.05, 0.1) is 10.0 Å². The molecule has 0 saturated carbocycles. The van der Waals surface area contributed by atoms with Gasteiger partial charge in [0, 0.05) is 13.0 Å². The Morgan fingerprint density at radius 1 is 1.05 bits per heavy atom.